The van der Waals surface area contributed by atoms with Crippen LogP contribution in [-0.4, -0.2) is 50.6 Å². The summed E-state index contributed by atoms with van der Waals surface area (Å²) in [6.07, 6.45) is 2.55. The van der Waals surface area contributed by atoms with Crippen LogP contribution in [0.1, 0.15) is 39.2 Å². The quantitative estimate of drug-likeness (QED) is 0.525. The van der Waals surface area contributed by atoms with Gasteiger partial charge >= 0.3 is 0 Å². The molecule has 0 bridgehead atoms. The van der Waals surface area contributed by atoms with Crippen LogP contribution in [0, 0.1) is 5.92 Å². The van der Waals surface area contributed by atoms with Gasteiger partial charge in [-0.1, -0.05) is 30.0 Å². The molecule has 5 rings (SSSR count). The number of H-pyrrole nitrogens is 1. The van der Waals surface area contributed by atoms with Gasteiger partial charge in [-0.15, -0.1) is 11.3 Å². The molecular formula is C22H22N6O3S2. The summed E-state index contributed by atoms with van der Waals surface area (Å²) >= 11 is 2.97. The second-order valence-corrected chi connectivity index (χ2v) is 9.84. The van der Waals surface area contributed by atoms with E-state index < -0.39 is 5.54 Å². The monoisotopic (exact) mass is 482 g/mol. The van der Waals surface area contributed by atoms with Crippen molar-refractivity contribution in [3.8, 4) is 0 Å². The van der Waals surface area contributed by atoms with Crippen LogP contribution in [0.25, 0.3) is 0 Å². The summed E-state index contributed by atoms with van der Waals surface area (Å²) in [6, 6.07) is 10.7. The molecule has 2 aromatic heterocycles. The van der Waals surface area contributed by atoms with Crippen LogP contribution in [0.3, 0.4) is 0 Å². The first-order valence-electron chi connectivity index (χ1n) is 10.5. The van der Waals surface area contributed by atoms with E-state index in [-0.39, 0.29) is 29.5 Å². The number of nitrogens with zero attached hydrogens (tertiary/aromatic N) is 3. The maximum Gasteiger partial charge on any atom is 0.277 e. The highest BCUT2D eigenvalue weighted by Gasteiger charge is 2.49. The lowest BCUT2D eigenvalue weighted by Crippen LogP contribution is -2.50. The van der Waals surface area contributed by atoms with Crippen LogP contribution in [0.4, 0.5) is 5.82 Å². The Hall–Kier alpha value is -3.02. The lowest BCUT2D eigenvalue weighted by molar-refractivity contribution is -0.0466. The standard InChI is InChI=1S/C22H22N6O3S2/c1-13-9-15-10-33-21(26-18(29)14-5-3-2-4-6-14)27-22(15,12-31-13)20-25-17(11-32-20)24-19(30)16-7-8-23-28-16/h2-8,11,13,15H,9-10,12H2,1H3,(H,23,28)(H,24,30)(H,26,27,29)/t13-,15-,22?/m0/s1. The van der Waals surface area contributed by atoms with E-state index in [1.165, 1.54) is 11.3 Å². The lowest BCUT2D eigenvalue weighted by atomic mass is 9.80. The average molecular weight is 483 g/mol. The van der Waals surface area contributed by atoms with Gasteiger partial charge in [0, 0.05) is 28.8 Å². The number of anilines is 1. The number of hydrogen-bond donors (Lipinski definition) is 3. The fourth-order valence-electron chi connectivity index (χ4n) is 3.98. The predicted molar refractivity (Wildman–Crippen MR) is 128 cm³/mol. The van der Waals surface area contributed by atoms with E-state index in [4.69, 9.17) is 14.7 Å². The lowest BCUT2D eigenvalue weighted by Gasteiger charge is -2.44. The molecule has 2 aliphatic heterocycles. The number of benzene rings is 1. The summed E-state index contributed by atoms with van der Waals surface area (Å²) < 4.78 is 6.03. The number of hydrogen-bond acceptors (Lipinski definition) is 8. The summed E-state index contributed by atoms with van der Waals surface area (Å²) in [5, 5.41) is 15.4. The molecule has 1 fully saturated rings. The molecule has 3 N–H and O–H groups in total. The predicted octanol–water partition coefficient (Wildman–Crippen LogP) is 3.27. The zero-order valence-electron chi connectivity index (χ0n) is 17.8. The number of aromatic nitrogens is 3. The van der Waals surface area contributed by atoms with Gasteiger partial charge in [0.1, 0.15) is 22.1 Å². The van der Waals surface area contributed by atoms with Gasteiger partial charge in [-0.05, 0) is 31.5 Å². The highest BCUT2D eigenvalue weighted by molar-refractivity contribution is 8.13. The molecule has 2 aliphatic rings. The largest absolute Gasteiger partial charge is 0.375 e. The Morgan fingerprint density at radius 2 is 2.03 bits per heavy atom. The van der Waals surface area contributed by atoms with Crippen LogP contribution >= 0.6 is 23.1 Å². The van der Waals surface area contributed by atoms with E-state index in [1.54, 1.807) is 41.5 Å². The topological polar surface area (TPSA) is 121 Å². The molecule has 0 spiro atoms. The number of carbonyl (C=O) groups is 2. The van der Waals surface area contributed by atoms with Gasteiger partial charge in [-0.2, -0.15) is 5.10 Å². The van der Waals surface area contributed by atoms with Crippen molar-refractivity contribution in [1.82, 2.24) is 20.5 Å². The van der Waals surface area contributed by atoms with E-state index in [1.807, 2.05) is 18.2 Å². The number of rotatable bonds is 4. The van der Waals surface area contributed by atoms with Crippen LogP contribution in [0.5, 0.6) is 0 Å². The Bertz CT molecular complexity index is 1180. The summed E-state index contributed by atoms with van der Waals surface area (Å²) in [5.74, 6) is 0.888. The number of aliphatic imine (C=N–C) groups is 1. The second kappa shape index (κ2) is 9.08. The van der Waals surface area contributed by atoms with Gasteiger partial charge in [0.2, 0.25) is 0 Å². The van der Waals surface area contributed by atoms with Crippen molar-refractivity contribution in [3.63, 3.8) is 0 Å². The maximum absolute atomic E-state index is 12.7. The number of amides is 2. The Kier molecular flexibility index (Phi) is 6.00. The zero-order valence-corrected chi connectivity index (χ0v) is 19.4. The summed E-state index contributed by atoms with van der Waals surface area (Å²) in [5.41, 5.74) is 0.147. The molecule has 3 aromatic rings. The second-order valence-electron chi connectivity index (χ2n) is 7.98. The number of thiazole rings is 1. The van der Waals surface area contributed by atoms with Crippen LogP contribution in [0.2, 0.25) is 0 Å². The van der Waals surface area contributed by atoms with Crippen molar-refractivity contribution in [2.24, 2.45) is 10.9 Å². The molecule has 170 valence electrons. The number of nitrogens with one attached hydrogen (secondary N) is 3. The smallest absolute Gasteiger partial charge is 0.277 e. The first kappa shape index (κ1) is 21.8. The van der Waals surface area contributed by atoms with Gasteiger partial charge < -0.3 is 15.4 Å². The van der Waals surface area contributed by atoms with Gasteiger partial charge in [-0.25, -0.2) is 9.98 Å². The fourth-order valence-corrected chi connectivity index (χ4v) is 6.10. The minimum atomic E-state index is -0.711. The van der Waals surface area contributed by atoms with E-state index in [2.05, 4.69) is 27.8 Å². The SMILES string of the molecule is C[C@H]1C[C@H]2CSC(NC(=O)c3ccccc3)=NC2(c2nc(NC(=O)c3cc[nH]n3)cs2)CO1. The fraction of sp³-hybridized carbons (Fsp3) is 0.318. The van der Waals surface area contributed by atoms with Crippen molar-refractivity contribution in [2.45, 2.75) is 25.0 Å². The molecule has 2 amide bonds. The molecule has 0 aliphatic carbocycles. The molecule has 1 saturated heterocycles. The number of aromatic amines is 1. The molecular weight excluding hydrogens is 460 g/mol. The molecule has 11 heteroatoms. The molecule has 33 heavy (non-hydrogen) atoms. The zero-order chi connectivity index (χ0) is 22.8. The van der Waals surface area contributed by atoms with Crippen LogP contribution in [-0.2, 0) is 10.3 Å². The minimum absolute atomic E-state index is 0.123. The van der Waals surface area contributed by atoms with Crippen LogP contribution in [0.15, 0.2) is 53.0 Å². The molecule has 9 nitrogen and oxygen atoms in total. The van der Waals surface area contributed by atoms with Crippen LogP contribution < -0.4 is 10.6 Å². The third-order valence-electron chi connectivity index (χ3n) is 5.71. The first-order chi connectivity index (χ1) is 16.0. The van der Waals surface area contributed by atoms with Crippen molar-refractivity contribution >= 4 is 45.9 Å². The number of thioether (sulfide) groups is 1. The number of carbonyl (C=O) groups excluding carboxylic acids is 2. The third kappa shape index (κ3) is 4.43. The molecule has 4 heterocycles. The number of ether oxygens (including phenoxy) is 1. The number of amidine groups is 1. The van der Waals surface area contributed by atoms with E-state index in [9.17, 15) is 9.59 Å². The molecule has 3 atom stereocenters. The number of fused-ring (bicyclic) bond motifs is 1. The first-order valence-corrected chi connectivity index (χ1v) is 12.4. The van der Waals surface area contributed by atoms with E-state index in [0.717, 1.165) is 17.2 Å². The highest BCUT2D eigenvalue weighted by Crippen LogP contribution is 2.47. The van der Waals surface area contributed by atoms with E-state index >= 15 is 0 Å². The van der Waals surface area contributed by atoms with Crippen molar-refractivity contribution < 1.29 is 14.3 Å². The minimum Gasteiger partial charge on any atom is -0.375 e. The molecule has 1 aromatic carbocycles. The van der Waals surface area contributed by atoms with Crippen molar-refractivity contribution in [1.29, 1.82) is 0 Å². The average Bonchev–Trinajstić information content (AvgIpc) is 3.53. The maximum atomic E-state index is 12.7. The Labute approximate surface area is 198 Å². The van der Waals surface area contributed by atoms with Gasteiger partial charge in [-0.3, -0.25) is 14.7 Å². The van der Waals surface area contributed by atoms with Gasteiger partial charge in [0.25, 0.3) is 11.8 Å². The molecule has 0 radical (unpaired) electrons. The Morgan fingerprint density at radius 3 is 2.82 bits per heavy atom. The summed E-state index contributed by atoms with van der Waals surface area (Å²) in [4.78, 5) is 34.7. The Morgan fingerprint density at radius 1 is 1.18 bits per heavy atom. The van der Waals surface area contributed by atoms with Crippen molar-refractivity contribution in [3.05, 3.63) is 64.2 Å². The Balaban J connectivity index is 1.42. The third-order valence-corrected chi connectivity index (χ3v) is 7.75. The molecule has 1 unspecified atom stereocenters. The van der Waals surface area contributed by atoms with Gasteiger partial charge in [0.15, 0.2) is 5.17 Å². The highest BCUT2D eigenvalue weighted by atomic mass is 32.2. The van der Waals surface area contributed by atoms with Crippen molar-refractivity contribution in [2.75, 3.05) is 17.7 Å². The van der Waals surface area contributed by atoms with E-state index in [0.29, 0.717) is 23.2 Å². The molecule has 0 saturated carbocycles. The summed E-state index contributed by atoms with van der Waals surface area (Å²) in [6.45, 7) is 2.42. The summed E-state index contributed by atoms with van der Waals surface area (Å²) in [7, 11) is 0. The van der Waals surface area contributed by atoms with Gasteiger partial charge in [0.05, 0.1) is 12.7 Å². The normalized spacial score (nSPS) is 24.5.